The van der Waals surface area contributed by atoms with E-state index in [4.69, 9.17) is 9.15 Å². The lowest BCUT2D eigenvalue weighted by Crippen LogP contribution is -2.43. The molecule has 0 saturated carbocycles. The van der Waals surface area contributed by atoms with E-state index in [-0.39, 0.29) is 17.7 Å². The molecule has 0 unspecified atom stereocenters. The topological polar surface area (TPSA) is 162 Å². The van der Waals surface area contributed by atoms with Crippen LogP contribution in [0.15, 0.2) is 88.1 Å². The molecular formula is C29H23N3O8. The molecule has 11 heteroatoms. The predicted octanol–water partition coefficient (Wildman–Crippen LogP) is 3.94. The number of rotatable bonds is 11. The van der Waals surface area contributed by atoms with E-state index in [0.29, 0.717) is 28.8 Å². The number of carbonyl (C=O) groups excluding carboxylic acids is 1. The number of carbonyl (C=O) groups is 3. The average molecular weight is 542 g/mol. The molecule has 2 N–H and O–H groups in total. The van der Waals surface area contributed by atoms with Crippen LogP contribution in [0, 0.1) is 5.41 Å². The third-order valence-electron chi connectivity index (χ3n) is 6.67. The van der Waals surface area contributed by atoms with Crippen LogP contribution < -0.4 is 10.3 Å². The van der Waals surface area contributed by atoms with Gasteiger partial charge in [0.25, 0.3) is 5.56 Å². The zero-order chi connectivity index (χ0) is 28.3. The minimum Gasteiger partial charge on any atom is -0.489 e. The number of aliphatic carboxylic acids is 2. The van der Waals surface area contributed by atoms with Crippen LogP contribution in [-0.2, 0) is 22.7 Å². The molecule has 202 valence electrons. The highest BCUT2D eigenvalue weighted by molar-refractivity contribution is 6.06. The first kappa shape index (κ1) is 26.3. The van der Waals surface area contributed by atoms with Crippen LogP contribution in [0.2, 0.25) is 0 Å². The predicted molar refractivity (Wildman–Crippen MR) is 142 cm³/mol. The lowest BCUT2D eigenvalue weighted by Gasteiger charge is -2.23. The van der Waals surface area contributed by atoms with Gasteiger partial charge in [0.1, 0.15) is 23.5 Å². The number of Topliss-reactive ketones (excluding diaryl/α,β-unsaturated/α-hetero) is 1. The number of fused-ring (bicyclic) bond motifs is 2. The van der Waals surface area contributed by atoms with Gasteiger partial charge >= 0.3 is 11.9 Å². The normalized spacial score (nSPS) is 11.5. The van der Waals surface area contributed by atoms with Crippen molar-refractivity contribution in [2.45, 2.75) is 26.0 Å². The van der Waals surface area contributed by atoms with Crippen LogP contribution in [0.4, 0.5) is 0 Å². The molecule has 11 nitrogen and oxygen atoms in total. The van der Waals surface area contributed by atoms with Crippen molar-refractivity contribution in [3.05, 3.63) is 101 Å². The summed E-state index contributed by atoms with van der Waals surface area (Å²) < 4.78 is 12.3. The summed E-state index contributed by atoms with van der Waals surface area (Å²) in [7, 11) is 0. The van der Waals surface area contributed by atoms with Crippen LogP contribution in [0.5, 0.6) is 5.75 Å². The van der Waals surface area contributed by atoms with Gasteiger partial charge in [0.2, 0.25) is 0 Å². The van der Waals surface area contributed by atoms with Gasteiger partial charge in [0.05, 0.1) is 5.39 Å². The molecular weight excluding hydrogens is 518 g/mol. The summed E-state index contributed by atoms with van der Waals surface area (Å²) in [6.07, 6.45) is -1.49. The number of aryl methyl sites for hydroxylation is 1. The summed E-state index contributed by atoms with van der Waals surface area (Å²) in [5.74, 6) is -3.91. The molecule has 0 saturated heterocycles. The Morgan fingerprint density at radius 2 is 1.65 bits per heavy atom. The van der Waals surface area contributed by atoms with Crippen LogP contribution in [0.3, 0.4) is 0 Å². The Morgan fingerprint density at radius 3 is 2.40 bits per heavy atom. The lowest BCUT2D eigenvalue weighted by atomic mass is 9.79. The maximum atomic E-state index is 13.1. The van der Waals surface area contributed by atoms with Crippen LogP contribution in [0.1, 0.15) is 29.0 Å². The Hall–Kier alpha value is -5.32. The van der Waals surface area contributed by atoms with E-state index < -0.39 is 41.5 Å². The summed E-state index contributed by atoms with van der Waals surface area (Å²) >= 11 is 0. The molecule has 0 amide bonds. The van der Waals surface area contributed by atoms with E-state index in [1.807, 2.05) is 30.3 Å². The molecule has 0 fully saturated rings. The van der Waals surface area contributed by atoms with Gasteiger partial charge in [-0.3, -0.25) is 19.2 Å². The van der Waals surface area contributed by atoms with Gasteiger partial charge in [-0.1, -0.05) is 47.7 Å². The van der Waals surface area contributed by atoms with Crippen molar-refractivity contribution in [2.24, 2.45) is 5.41 Å². The first-order valence-electron chi connectivity index (χ1n) is 12.3. The fourth-order valence-electron chi connectivity index (χ4n) is 4.36. The van der Waals surface area contributed by atoms with Crippen LogP contribution in [-0.4, -0.2) is 42.9 Å². The van der Waals surface area contributed by atoms with Crippen molar-refractivity contribution >= 4 is 39.6 Å². The number of hydrogen-bond donors (Lipinski definition) is 2. The number of carboxylic acid groups (broad SMARTS) is 2. The van der Waals surface area contributed by atoms with Crippen molar-refractivity contribution in [2.75, 3.05) is 0 Å². The fraction of sp³-hybridized carbons (Fsp3) is 0.172. The monoisotopic (exact) mass is 541 g/mol. The smallest absolute Gasteiger partial charge is 0.321 e. The van der Waals surface area contributed by atoms with E-state index in [2.05, 4.69) is 10.3 Å². The van der Waals surface area contributed by atoms with Gasteiger partial charge in [-0.15, -0.1) is 5.10 Å². The maximum absolute atomic E-state index is 13.1. The number of ketones is 1. The Kier molecular flexibility index (Phi) is 7.11. The lowest BCUT2D eigenvalue weighted by molar-refractivity contribution is -0.165. The molecule has 0 atom stereocenters. The minimum absolute atomic E-state index is 0.190. The molecule has 0 spiro atoms. The Labute approximate surface area is 226 Å². The SMILES string of the molecule is O=C(CC(CCn1nnc2ccccc2c1=O)(C(=O)O)C(=O)O)c1cc2cc(OCc3ccccc3)ccc2o1. The number of ether oxygens (including phenoxy) is 1. The Morgan fingerprint density at radius 1 is 0.925 bits per heavy atom. The number of nitrogens with zero attached hydrogens (tertiary/aromatic N) is 3. The molecule has 0 aliphatic carbocycles. The third kappa shape index (κ3) is 5.17. The van der Waals surface area contributed by atoms with E-state index in [9.17, 15) is 29.4 Å². The van der Waals surface area contributed by atoms with Crippen molar-refractivity contribution in [1.82, 2.24) is 15.0 Å². The zero-order valence-electron chi connectivity index (χ0n) is 21.0. The van der Waals surface area contributed by atoms with Gasteiger partial charge in [0, 0.05) is 18.4 Å². The largest absolute Gasteiger partial charge is 0.489 e. The van der Waals surface area contributed by atoms with E-state index >= 15 is 0 Å². The number of furan rings is 1. The van der Waals surface area contributed by atoms with Crippen molar-refractivity contribution in [3.8, 4) is 5.75 Å². The molecule has 0 aliphatic rings. The van der Waals surface area contributed by atoms with Gasteiger partial charge in [0.15, 0.2) is 17.0 Å². The summed E-state index contributed by atoms with van der Waals surface area (Å²) in [5.41, 5.74) is -1.41. The van der Waals surface area contributed by atoms with Crippen LogP contribution in [0.25, 0.3) is 21.9 Å². The molecule has 0 radical (unpaired) electrons. The molecule has 0 aliphatic heterocycles. The van der Waals surface area contributed by atoms with Gasteiger partial charge < -0.3 is 19.4 Å². The second kappa shape index (κ2) is 10.8. The third-order valence-corrected chi connectivity index (χ3v) is 6.67. The summed E-state index contributed by atoms with van der Waals surface area (Å²) in [4.78, 5) is 50.4. The quantitative estimate of drug-likeness (QED) is 0.185. The van der Waals surface area contributed by atoms with E-state index in [1.165, 1.54) is 12.1 Å². The number of benzene rings is 3. The van der Waals surface area contributed by atoms with Gasteiger partial charge in [-0.25, -0.2) is 4.68 Å². The second-order valence-corrected chi connectivity index (χ2v) is 9.26. The second-order valence-electron chi connectivity index (χ2n) is 9.26. The highest BCUT2D eigenvalue weighted by Crippen LogP contribution is 2.32. The van der Waals surface area contributed by atoms with Crippen molar-refractivity contribution in [3.63, 3.8) is 0 Å². The molecule has 5 aromatic rings. The van der Waals surface area contributed by atoms with Crippen molar-refractivity contribution < 1.29 is 33.8 Å². The highest BCUT2D eigenvalue weighted by atomic mass is 16.5. The van der Waals surface area contributed by atoms with Gasteiger partial charge in [-0.05, 0) is 48.4 Å². The van der Waals surface area contributed by atoms with E-state index in [0.717, 1.165) is 10.2 Å². The first-order chi connectivity index (χ1) is 19.3. The molecule has 40 heavy (non-hydrogen) atoms. The molecule has 2 aromatic heterocycles. The standard InChI is InChI=1S/C29H23N3O8/c33-23(25-15-19-14-20(10-11-24(19)40-25)39-17-18-6-2-1-3-7-18)16-29(27(35)36,28(37)38)12-13-32-26(34)21-8-4-5-9-22(21)30-31-32/h1-11,14-15H,12-13,16-17H2,(H,35,36)(H,37,38). The average Bonchev–Trinajstić information content (AvgIpc) is 3.39. The highest BCUT2D eigenvalue weighted by Gasteiger charge is 2.48. The Balaban J connectivity index is 1.35. The van der Waals surface area contributed by atoms with E-state index in [1.54, 1.807) is 36.4 Å². The summed E-state index contributed by atoms with van der Waals surface area (Å²) in [5, 5.41) is 28.4. The van der Waals surface area contributed by atoms with Crippen LogP contribution >= 0.6 is 0 Å². The summed E-state index contributed by atoms with van der Waals surface area (Å²) in [6.45, 7) is -0.0504. The van der Waals surface area contributed by atoms with Crippen molar-refractivity contribution in [1.29, 1.82) is 0 Å². The minimum atomic E-state index is -2.53. The molecule has 2 heterocycles. The number of carboxylic acids is 2. The zero-order valence-corrected chi connectivity index (χ0v) is 21.0. The summed E-state index contributed by atoms with van der Waals surface area (Å²) in [6, 6.07) is 22.4. The molecule has 3 aromatic carbocycles. The number of aromatic nitrogens is 3. The molecule has 0 bridgehead atoms. The fourth-order valence-corrected chi connectivity index (χ4v) is 4.36. The van der Waals surface area contributed by atoms with Gasteiger partial charge in [-0.2, -0.15) is 0 Å². The Bertz CT molecular complexity index is 1780. The number of hydrogen-bond acceptors (Lipinski definition) is 8. The first-order valence-corrected chi connectivity index (χ1v) is 12.3. The maximum Gasteiger partial charge on any atom is 0.321 e. The molecule has 5 rings (SSSR count).